The molecule has 2 amide bonds. The van der Waals surface area contributed by atoms with Crippen molar-refractivity contribution in [1.82, 2.24) is 4.90 Å². The number of hydrogen-bond donors (Lipinski definition) is 0. The quantitative estimate of drug-likeness (QED) is 0.806. The first-order valence-corrected chi connectivity index (χ1v) is 9.10. The van der Waals surface area contributed by atoms with E-state index in [-0.39, 0.29) is 11.8 Å². The highest BCUT2D eigenvalue weighted by molar-refractivity contribution is 7.11. The number of rotatable bonds is 3. The predicted octanol–water partition coefficient (Wildman–Crippen LogP) is 3.30. The van der Waals surface area contributed by atoms with Crippen LogP contribution in [0.25, 0.3) is 5.57 Å². The minimum absolute atomic E-state index is 0.178. The average Bonchev–Trinajstić information content (AvgIpc) is 3.21. The number of para-hydroxylation sites is 1. The number of carbonyl (C=O) groups is 2. The fraction of sp³-hybridized carbons (Fsp3) is 0.263. The Hall–Kier alpha value is -2.40. The van der Waals surface area contributed by atoms with E-state index in [1.807, 2.05) is 47.5 Å². The second-order valence-corrected chi connectivity index (χ2v) is 6.89. The van der Waals surface area contributed by atoms with Gasteiger partial charge in [-0.25, -0.2) is 0 Å². The molecule has 24 heavy (non-hydrogen) atoms. The molecule has 1 aromatic heterocycles. The van der Waals surface area contributed by atoms with Gasteiger partial charge in [0.15, 0.2) is 0 Å². The molecule has 3 heterocycles. The zero-order valence-electron chi connectivity index (χ0n) is 13.5. The third kappa shape index (κ3) is 2.19. The topological polar surface area (TPSA) is 40.6 Å². The van der Waals surface area contributed by atoms with E-state index >= 15 is 0 Å². The molecule has 4 rings (SSSR count). The molecule has 0 unspecified atom stereocenters. The van der Waals surface area contributed by atoms with Gasteiger partial charge in [-0.2, -0.15) is 0 Å². The molecule has 2 aliphatic rings. The van der Waals surface area contributed by atoms with E-state index < -0.39 is 0 Å². The summed E-state index contributed by atoms with van der Waals surface area (Å²) in [7, 11) is 0. The van der Waals surface area contributed by atoms with Gasteiger partial charge < -0.3 is 4.90 Å². The Labute approximate surface area is 145 Å². The summed E-state index contributed by atoms with van der Waals surface area (Å²) in [6.45, 7) is 3.00. The van der Waals surface area contributed by atoms with Crippen LogP contribution in [-0.4, -0.2) is 29.8 Å². The highest BCUT2D eigenvalue weighted by Crippen LogP contribution is 2.38. The van der Waals surface area contributed by atoms with Gasteiger partial charge in [-0.05, 0) is 42.8 Å². The summed E-state index contributed by atoms with van der Waals surface area (Å²) in [6.07, 6.45) is 1.99. The van der Waals surface area contributed by atoms with Gasteiger partial charge in [-0.3, -0.25) is 14.5 Å². The third-order valence-corrected chi connectivity index (χ3v) is 5.49. The van der Waals surface area contributed by atoms with Crippen molar-refractivity contribution in [3.63, 3.8) is 0 Å². The summed E-state index contributed by atoms with van der Waals surface area (Å²) in [6, 6.07) is 12.0. The van der Waals surface area contributed by atoms with Gasteiger partial charge in [0, 0.05) is 23.7 Å². The minimum atomic E-state index is -0.178. The predicted molar refractivity (Wildman–Crippen MR) is 95.7 cm³/mol. The molecule has 0 N–H and O–H groups in total. The molecule has 122 valence electrons. The van der Waals surface area contributed by atoms with Crippen LogP contribution in [0.3, 0.4) is 0 Å². The molecule has 0 radical (unpaired) electrons. The Morgan fingerprint density at radius 2 is 1.92 bits per heavy atom. The molecular weight excluding hydrogens is 320 g/mol. The molecule has 0 saturated carbocycles. The van der Waals surface area contributed by atoms with Crippen molar-refractivity contribution in [1.29, 1.82) is 0 Å². The summed E-state index contributed by atoms with van der Waals surface area (Å²) in [5.41, 5.74) is 3.37. The summed E-state index contributed by atoms with van der Waals surface area (Å²) in [5.74, 6) is -0.356. The molecule has 0 atom stereocenters. The molecular formula is C19H18N2O2S. The molecule has 0 saturated heterocycles. The maximum absolute atomic E-state index is 13.0. The third-order valence-electron chi connectivity index (χ3n) is 4.61. The lowest BCUT2D eigenvalue weighted by atomic mass is 10.00. The first-order valence-electron chi connectivity index (χ1n) is 8.22. The fourth-order valence-electron chi connectivity index (χ4n) is 3.51. The van der Waals surface area contributed by atoms with Crippen LogP contribution < -0.4 is 4.90 Å². The number of carbonyl (C=O) groups excluding carboxylic acids is 2. The summed E-state index contributed by atoms with van der Waals surface area (Å²) in [5, 5.41) is 1.94. The summed E-state index contributed by atoms with van der Waals surface area (Å²) in [4.78, 5) is 30.1. The molecule has 0 aliphatic carbocycles. The van der Waals surface area contributed by atoms with E-state index in [4.69, 9.17) is 0 Å². The lowest BCUT2D eigenvalue weighted by Gasteiger charge is -2.32. The number of aryl methyl sites for hydroxylation is 1. The van der Waals surface area contributed by atoms with E-state index in [1.165, 1.54) is 21.8 Å². The summed E-state index contributed by atoms with van der Waals surface area (Å²) >= 11 is 1.50. The Morgan fingerprint density at radius 3 is 2.67 bits per heavy atom. The van der Waals surface area contributed by atoms with Crippen LogP contribution >= 0.6 is 11.3 Å². The number of amides is 2. The van der Waals surface area contributed by atoms with Crippen LogP contribution in [0.1, 0.15) is 23.8 Å². The van der Waals surface area contributed by atoms with Gasteiger partial charge >= 0.3 is 0 Å². The van der Waals surface area contributed by atoms with Gasteiger partial charge in [0.25, 0.3) is 11.8 Å². The van der Waals surface area contributed by atoms with Gasteiger partial charge in [-0.1, -0.05) is 24.3 Å². The molecule has 5 heteroatoms. The van der Waals surface area contributed by atoms with Crippen LogP contribution in [-0.2, 0) is 16.0 Å². The van der Waals surface area contributed by atoms with Crippen molar-refractivity contribution in [3.8, 4) is 0 Å². The van der Waals surface area contributed by atoms with E-state index in [1.54, 1.807) is 0 Å². The number of likely N-dealkylation sites (N-methyl/N-ethyl adjacent to an activating group) is 1. The molecule has 2 aromatic rings. The van der Waals surface area contributed by atoms with E-state index in [0.717, 1.165) is 30.0 Å². The van der Waals surface area contributed by atoms with E-state index in [2.05, 4.69) is 6.07 Å². The number of imide groups is 1. The van der Waals surface area contributed by atoms with Crippen molar-refractivity contribution in [2.75, 3.05) is 18.0 Å². The second-order valence-electron chi connectivity index (χ2n) is 5.94. The second kappa shape index (κ2) is 5.91. The molecule has 2 aliphatic heterocycles. The van der Waals surface area contributed by atoms with Crippen LogP contribution in [0, 0.1) is 0 Å². The highest BCUT2D eigenvalue weighted by Gasteiger charge is 2.42. The van der Waals surface area contributed by atoms with Crippen molar-refractivity contribution in [2.24, 2.45) is 0 Å². The lowest BCUT2D eigenvalue weighted by Crippen LogP contribution is -2.37. The maximum Gasteiger partial charge on any atom is 0.278 e. The fourth-order valence-corrected chi connectivity index (χ4v) is 4.27. The van der Waals surface area contributed by atoms with Crippen LogP contribution in [0.15, 0.2) is 47.5 Å². The molecule has 4 nitrogen and oxygen atoms in total. The SMILES string of the molecule is CCN1C(=O)C(c2cccs2)=C(N2CCCc3ccccc32)C1=O. The Morgan fingerprint density at radius 1 is 1.08 bits per heavy atom. The van der Waals surface area contributed by atoms with Gasteiger partial charge in [0.1, 0.15) is 5.70 Å². The standard InChI is InChI=1S/C19H18N2O2S/c1-2-20-18(22)16(15-10-6-12-24-15)17(19(20)23)21-11-5-8-13-7-3-4-9-14(13)21/h3-4,6-7,9-10,12H,2,5,8,11H2,1H3. The Bertz CT molecular complexity index is 839. The van der Waals surface area contributed by atoms with Crippen molar-refractivity contribution in [2.45, 2.75) is 19.8 Å². The van der Waals surface area contributed by atoms with Gasteiger partial charge in [0.2, 0.25) is 0 Å². The number of fused-ring (bicyclic) bond motifs is 1. The molecule has 0 spiro atoms. The van der Waals surface area contributed by atoms with Gasteiger partial charge in [0.05, 0.1) is 5.57 Å². The Balaban J connectivity index is 1.91. The lowest BCUT2D eigenvalue weighted by molar-refractivity contribution is -0.136. The first kappa shape index (κ1) is 15.1. The number of thiophene rings is 1. The first-order chi connectivity index (χ1) is 11.7. The average molecular weight is 338 g/mol. The molecule has 0 bridgehead atoms. The Kier molecular flexibility index (Phi) is 3.73. The number of benzene rings is 1. The van der Waals surface area contributed by atoms with Crippen LogP contribution in [0.2, 0.25) is 0 Å². The number of hydrogen-bond acceptors (Lipinski definition) is 4. The zero-order chi connectivity index (χ0) is 16.7. The normalized spacial score (nSPS) is 17.7. The number of nitrogens with zero attached hydrogens (tertiary/aromatic N) is 2. The smallest absolute Gasteiger partial charge is 0.278 e. The van der Waals surface area contributed by atoms with E-state index in [0.29, 0.717) is 17.8 Å². The summed E-state index contributed by atoms with van der Waals surface area (Å²) < 4.78 is 0. The van der Waals surface area contributed by atoms with E-state index in [9.17, 15) is 9.59 Å². The monoisotopic (exact) mass is 338 g/mol. The highest BCUT2D eigenvalue weighted by atomic mass is 32.1. The van der Waals surface area contributed by atoms with Crippen molar-refractivity contribution < 1.29 is 9.59 Å². The van der Waals surface area contributed by atoms with Crippen LogP contribution in [0.5, 0.6) is 0 Å². The maximum atomic E-state index is 13.0. The van der Waals surface area contributed by atoms with Crippen molar-refractivity contribution >= 4 is 34.4 Å². The van der Waals surface area contributed by atoms with Gasteiger partial charge in [-0.15, -0.1) is 11.3 Å². The molecule has 1 aromatic carbocycles. The van der Waals surface area contributed by atoms with Crippen molar-refractivity contribution in [3.05, 3.63) is 57.9 Å². The zero-order valence-corrected chi connectivity index (χ0v) is 14.3. The molecule has 0 fully saturated rings. The minimum Gasteiger partial charge on any atom is -0.336 e. The largest absolute Gasteiger partial charge is 0.336 e. The van der Waals surface area contributed by atoms with Crippen LogP contribution in [0.4, 0.5) is 5.69 Å². The number of anilines is 1.